The van der Waals surface area contributed by atoms with Crippen molar-refractivity contribution in [3.63, 3.8) is 0 Å². The molecular formula is C6H6Cl2OOs. The fourth-order valence-corrected chi connectivity index (χ4v) is 0.428. The van der Waals surface area contributed by atoms with Gasteiger partial charge < -0.3 is 5.11 Å². The topological polar surface area (TPSA) is 20.2 Å². The molecule has 0 saturated heterocycles. The predicted molar refractivity (Wildman–Crippen MR) is 39.8 cm³/mol. The maximum atomic E-state index is 8.63. The molecule has 0 bridgehead atoms. The summed E-state index contributed by atoms with van der Waals surface area (Å²) < 4.78 is 0. The molecule has 1 N–H and O–H groups in total. The van der Waals surface area contributed by atoms with Gasteiger partial charge in [0.1, 0.15) is 5.75 Å². The predicted octanol–water partition coefficient (Wildman–Crippen LogP) is 2.77. The van der Waals surface area contributed by atoms with Crippen LogP contribution in [0.1, 0.15) is 0 Å². The molecule has 0 aliphatic carbocycles. The maximum absolute atomic E-state index is 8.63. The van der Waals surface area contributed by atoms with Gasteiger partial charge in [-0.1, -0.05) is 18.2 Å². The van der Waals surface area contributed by atoms with Crippen molar-refractivity contribution in [1.29, 1.82) is 0 Å². The van der Waals surface area contributed by atoms with Crippen LogP contribution < -0.4 is 0 Å². The zero-order valence-electron chi connectivity index (χ0n) is 4.94. The molecule has 1 aromatic rings. The molecule has 0 fully saturated rings. The second-order valence-electron chi connectivity index (χ2n) is 1.39. The molecule has 0 atom stereocenters. The van der Waals surface area contributed by atoms with Gasteiger partial charge in [-0.05, 0) is 12.1 Å². The minimum atomic E-state index is -0.639. The molecule has 0 aromatic heterocycles. The Balaban J connectivity index is 0.000000236. The molecule has 58 valence electrons. The number of rotatable bonds is 0. The summed E-state index contributed by atoms with van der Waals surface area (Å²) in [5.41, 5.74) is 0. The van der Waals surface area contributed by atoms with E-state index < -0.39 is 15.4 Å². The number of aromatic hydroxyl groups is 1. The van der Waals surface area contributed by atoms with Crippen molar-refractivity contribution in [2.75, 3.05) is 0 Å². The number of phenolic OH excluding ortho intramolecular Hbond substituents is 1. The Labute approximate surface area is 75.8 Å². The molecular weight excluding hydrogens is 349 g/mol. The first kappa shape index (κ1) is 10.2. The zero-order chi connectivity index (χ0) is 7.82. The summed E-state index contributed by atoms with van der Waals surface area (Å²) in [5.74, 6) is 0.322. The molecule has 0 spiro atoms. The van der Waals surface area contributed by atoms with E-state index in [2.05, 4.69) is 0 Å². The van der Waals surface area contributed by atoms with Crippen LogP contribution in [0.5, 0.6) is 5.75 Å². The van der Waals surface area contributed by atoms with Gasteiger partial charge in [-0.3, -0.25) is 0 Å². The molecule has 0 aliphatic rings. The van der Waals surface area contributed by atoms with E-state index in [0.717, 1.165) is 0 Å². The summed E-state index contributed by atoms with van der Waals surface area (Å²) in [7, 11) is 9.81. The normalized spacial score (nSPS) is 8.20. The third-order valence-corrected chi connectivity index (χ3v) is 0.756. The standard InChI is InChI=1S/C6H6O.2ClH.Os/c7-6-4-2-1-3-5-6;;;/h1-5,7H;2*1H;/q;;;+2/p-2. The Morgan fingerprint density at radius 2 is 1.50 bits per heavy atom. The number of phenols is 1. The molecule has 0 saturated carbocycles. The summed E-state index contributed by atoms with van der Waals surface area (Å²) in [5, 5.41) is 8.63. The van der Waals surface area contributed by atoms with Gasteiger partial charge in [0, 0.05) is 0 Å². The summed E-state index contributed by atoms with van der Waals surface area (Å²) in [6.07, 6.45) is 0. The van der Waals surface area contributed by atoms with E-state index in [1.165, 1.54) is 0 Å². The Kier molecular flexibility index (Phi) is 7.52. The van der Waals surface area contributed by atoms with Crippen LogP contribution in [0.2, 0.25) is 0 Å². The van der Waals surface area contributed by atoms with Crippen molar-refractivity contribution >= 4 is 19.3 Å². The van der Waals surface area contributed by atoms with Crippen LogP contribution in [0, 0.1) is 0 Å². The first-order valence-electron chi connectivity index (χ1n) is 2.40. The molecule has 0 heterocycles. The van der Waals surface area contributed by atoms with E-state index in [1.807, 2.05) is 6.07 Å². The van der Waals surface area contributed by atoms with Crippen molar-refractivity contribution in [2.24, 2.45) is 0 Å². The fourth-order valence-electron chi connectivity index (χ4n) is 0.428. The third-order valence-electron chi connectivity index (χ3n) is 0.756. The van der Waals surface area contributed by atoms with Gasteiger partial charge in [-0.2, -0.15) is 0 Å². The van der Waals surface area contributed by atoms with Crippen LogP contribution >= 0.6 is 19.3 Å². The molecule has 1 nitrogen and oxygen atoms in total. The van der Waals surface area contributed by atoms with Gasteiger partial charge in [0.15, 0.2) is 0 Å². The number of hydrogen-bond donors (Lipinski definition) is 1. The second-order valence-corrected chi connectivity index (χ2v) is 5.06. The third kappa shape index (κ3) is 6.36. The second kappa shape index (κ2) is 7.34. The number of benzene rings is 1. The Morgan fingerprint density at radius 3 is 1.70 bits per heavy atom. The Bertz CT molecular complexity index is 157. The van der Waals surface area contributed by atoms with Crippen molar-refractivity contribution in [2.45, 2.75) is 0 Å². The minimum absolute atomic E-state index is 0.322. The Hall–Kier alpha value is 0.236. The first-order chi connectivity index (χ1) is 4.81. The number of hydrogen-bond acceptors (Lipinski definition) is 1. The Morgan fingerprint density at radius 1 is 1.10 bits per heavy atom. The molecule has 1 rings (SSSR count). The summed E-state index contributed by atoms with van der Waals surface area (Å²) in [4.78, 5) is 0. The van der Waals surface area contributed by atoms with Gasteiger partial charge in [0.05, 0.1) is 0 Å². The molecule has 0 radical (unpaired) electrons. The van der Waals surface area contributed by atoms with E-state index in [4.69, 9.17) is 24.4 Å². The number of halogens is 2. The van der Waals surface area contributed by atoms with Gasteiger partial charge >= 0.3 is 34.7 Å². The molecule has 0 unspecified atom stereocenters. The summed E-state index contributed by atoms with van der Waals surface area (Å²) in [6.45, 7) is 0. The van der Waals surface area contributed by atoms with E-state index in [1.54, 1.807) is 24.3 Å². The van der Waals surface area contributed by atoms with Crippen LogP contribution in [-0.2, 0) is 15.4 Å². The van der Waals surface area contributed by atoms with Gasteiger partial charge in [0.25, 0.3) is 0 Å². The van der Waals surface area contributed by atoms with Crippen LogP contribution in [0.4, 0.5) is 0 Å². The van der Waals surface area contributed by atoms with Crippen molar-refractivity contribution in [3.8, 4) is 5.75 Å². The molecule has 0 amide bonds. The van der Waals surface area contributed by atoms with Crippen molar-refractivity contribution in [3.05, 3.63) is 30.3 Å². The molecule has 10 heavy (non-hydrogen) atoms. The van der Waals surface area contributed by atoms with E-state index in [0.29, 0.717) is 5.75 Å². The van der Waals surface area contributed by atoms with Gasteiger partial charge in [0.2, 0.25) is 0 Å². The van der Waals surface area contributed by atoms with Crippen LogP contribution in [0.25, 0.3) is 0 Å². The van der Waals surface area contributed by atoms with Gasteiger partial charge in [-0.25, -0.2) is 0 Å². The quantitative estimate of drug-likeness (QED) is 0.759. The average molecular weight is 355 g/mol. The number of para-hydroxylation sites is 1. The van der Waals surface area contributed by atoms with Gasteiger partial charge in [-0.15, -0.1) is 0 Å². The molecule has 0 aliphatic heterocycles. The first-order valence-corrected chi connectivity index (χ1v) is 8.70. The molecule has 1 aromatic carbocycles. The van der Waals surface area contributed by atoms with Crippen LogP contribution in [0.3, 0.4) is 0 Å². The van der Waals surface area contributed by atoms with E-state index in [9.17, 15) is 0 Å². The van der Waals surface area contributed by atoms with Crippen molar-refractivity contribution in [1.82, 2.24) is 0 Å². The fraction of sp³-hybridized carbons (Fsp3) is 0. The van der Waals surface area contributed by atoms with E-state index in [-0.39, 0.29) is 0 Å². The van der Waals surface area contributed by atoms with Crippen LogP contribution in [-0.4, -0.2) is 5.11 Å². The summed E-state index contributed by atoms with van der Waals surface area (Å²) in [6, 6.07) is 8.71. The average Bonchev–Trinajstić information content (AvgIpc) is 1.91. The SMILES string of the molecule is Oc1ccccc1.[Cl][Os][Cl]. The molecule has 4 heteroatoms. The summed E-state index contributed by atoms with van der Waals surface area (Å²) >= 11 is -0.639. The van der Waals surface area contributed by atoms with Crippen molar-refractivity contribution < 1.29 is 20.5 Å². The monoisotopic (exact) mass is 356 g/mol. The van der Waals surface area contributed by atoms with Crippen LogP contribution in [0.15, 0.2) is 30.3 Å². The van der Waals surface area contributed by atoms with E-state index >= 15 is 0 Å². The zero-order valence-corrected chi connectivity index (χ0v) is 9.00.